The number of rotatable bonds is 11. The molecule has 1 unspecified atom stereocenters. The van der Waals surface area contributed by atoms with Crippen molar-refractivity contribution in [3.05, 3.63) is 138 Å². The van der Waals surface area contributed by atoms with E-state index in [-0.39, 0.29) is 25.9 Å². The Bertz CT molecular complexity index is 2120. The van der Waals surface area contributed by atoms with Crippen molar-refractivity contribution in [3.8, 4) is 6.07 Å². The minimum atomic E-state index is -0.918. The summed E-state index contributed by atoms with van der Waals surface area (Å²) in [6.07, 6.45) is 7.54. The molecule has 4 aromatic carbocycles. The van der Waals surface area contributed by atoms with Gasteiger partial charge in [0.05, 0.1) is 24.1 Å². The number of anilines is 1. The van der Waals surface area contributed by atoms with E-state index in [0.717, 1.165) is 38.8 Å². The van der Waals surface area contributed by atoms with Crippen LogP contribution in [0.15, 0.2) is 125 Å². The van der Waals surface area contributed by atoms with Crippen molar-refractivity contribution in [1.29, 1.82) is 5.26 Å². The normalized spacial score (nSPS) is 17.1. The lowest BCUT2D eigenvalue weighted by Gasteiger charge is -2.30. The summed E-state index contributed by atoms with van der Waals surface area (Å²) in [5.41, 5.74) is 5.29. The number of hydrogen-bond acceptors (Lipinski definition) is 5. The molecule has 8 heteroatoms. The van der Waals surface area contributed by atoms with Crippen LogP contribution in [0.3, 0.4) is 0 Å². The number of aliphatic carboxylic acids is 2. The summed E-state index contributed by atoms with van der Waals surface area (Å²) in [6.45, 7) is 2.66. The van der Waals surface area contributed by atoms with Gasteiger partial charge in [-0.2, -0.15) is 9.83 Å². The molecule has 47 heavy (non-hydrogen) atoms. The van der Waals surface area contributed by atoms with E-state index >= 15 is 0 Å². The van der Waals surface area contributed by atoms with Gasteiger partial charge in [0.25, 0.3) is 5.52 Å². The number of hydrogen-bond donors (Lipinski definition) is 2. The van der Waals surface area contributed by atoms with Gasteiger partial charge in [-0.05, 0) is 71.7 Å². The molecule has 2 N–H and O–H groups in total. The number of aromatic nitrogens is 1. The minimum Gasteiger partial charge on any atom is -0.481 e. The molecule has 0 amide bonds. The number of aryl methyl sites for hydroxylation is 1. The molecule has 8 nitrogen and oxygen atoms in total. The molecule has 5 aromatic rings. The van der Waals surface area contributed by atoms with Crippen molar-refractivity contribution in [2.45, 2.75) is 38.1 Å². The van der Waals surface area contributed by atoms with Crippen molar-refractivity contribution >= 4 is 45.6 Å². The molecule has 0 spiro atoms. The third-order valence-corrected chi connectivity index (χ3v) is 8.70. The van der Waals surface area contributed by atoms with Gasteiger partial charge < -0.3 is 19.5 Å². The van der Waals surface area contributed by atoms with E-state index in [1.165, 1.54) is 0 Å². The van der Waals surface area contributed by atoms with Crippen molar-refractivity contribution in [2.24, 2.45) is 0 Å². The van der Waals surface area contributed by atoms with Gasteiger partial charge >= 0.3 is 17.8 Å². The molecule has 0 bridgehead atoms. The molecule has 6 rings (SSSR count). The van der Waals surface area contributed by atoms with Gasteiger partial charge in [0, 0.05) is 29.4 Å². The summed E-state index contributed by atoms with van der Waals surface area (Å²) < 4.78 is 7.81. The van der Waals surface area contributed by atoms with Crippen molar-refractivity contribution in [3.63, 3.8) is 0 Å². The highest BCUT2D eigenvalue weighted by molar-refractivity contribution is 5.91. The van der Waals surface area contributed by atoms with Gasteiger partial charge in [0.2, 0.25) is 5.58 Å². The van der Waals surface area contributed by atoms with Crippen molar-refractivity contribution in [2.75, 3.05) is 11.4 Å². The molecular formula is C39H34N3O5+. The predicted octanol–water partition coefficient (Wildman–Crippen LogP) is 7.19. The lowest BCUT2D eigenvalue weighted by atomic mass is 9.76. The number of nitrogens with zero attached hydrogens (tertiary/aromatic N) is 3. The first-order valence-electron chi connectivity index (χ1n) is 15.5. The van der Waals surface area contributed by atoms with Crippen LogP contribution in [0.5, 0.6) is 0 Å². The van der Waals surface area contributed by atoms with Crippen molar-refractivity contribution in [1.82, 2.24) is 0 Å². The standard InChI is InChI=1S/C39H33N3O5/c1-39(25-27-9-3-2-4-10-27)31-23-29-11-5-6-12-30(29)24-33(31)41(21-19-37(43)44)35(39)17-15-28(26-40)16-18-36-42(22-20-38(45)46)32-13-7-8-14-34(32)47-36/h2-18,23-24H,19-22,25H2,1H3,(H-,43,44,45,46)/p+1. The second-order valence-corrected chi connectivity index (χ2v) is 11.8. The van der Waals surface area contributed by atoms with E-state index in [2.05, 4.69) is 54.3 Å². The molecule has 0 aliphatic carbocycles. The molecule has 1 aliphatic heterocycles. The zero-order valence-electron chi connectivity index (χ0n) is 26.0. The van der Waals surface area contributed by atoms with Crippen LogP contribution in [-0.4, -0.2) is 28.7 Å². The maximum Gasteiger partial charge on any atom is 0.374 e. The molecule has 1 atom stereocenters. The van der Waals surface area contributed by atoms with E-state index in [1.54, 1.807) is 22.8 Å². The highest BCUT2D eigenvalue weighted by atomic mass is 16.4. The molecular weight excluding hydrogens is 590 g/mol. The fraction of sp³-hybridized carbons (Fsp3) is 0.179. The molecule has 1 aliphatic rings. The Balaban J connectivity index is 1.45. The highest BCUT2D eigenvalue weighted by Crippen LogP contribution is 2.51. The average Bonchev–Trinajstić information content (AvgIpc) is 3.53. The molecule has 0 fully saturated rings. The van der Waals surface area contributed by atoms with Crippen LogP contribution >= 0.6 is 0 Å². The SMILES string of the molecule is CC1(Cc2ccccc2)\C(=C/C=C(C#N)/C=C/c2oc3ccccc3[n+]2CCC(=O)O)N(CCC(=O)O)c2cc3ccccc3cc21. The van der Waals surface area contributed by atoms with Gasteiger partial charge in [-0.15, -0.1) is 0 Å². The number of allylic oxidation sites excluding steroid dienone is 5. The summed E-state index contributed by atoms with van der Waals surface area (Å²) in [5, 5.41) is 31.3. The molecule has 0 radical (unpaired) electrons. The summed E-state index contributed by atoms with van der Waals surface area (Å²) >= 11 is 0. The van der Waals surface area contributed by atoms with Crippen molar-refractivity contribution < 1.29 is 28.8 Å². The number of oxazole rings is 1. The zero-order chi connectivity index (χ0) is 33.0. The molecule has 1 aromatic heterocycles. The topological polar surface area (TPSA) is 119 Å². The Morgan fingerprint density at radius 3 is 2.34 bits per heavy atom. The first kappa shape index (κ1) is 31.1. The number of carboxylic acids is 2. The Labute approximate surface area is 272 Å². The third kappa shape index (κ3) is 6.42. The number of nitriles is 1. The summed E-state index contributed by atoms with van der Waals surface area (Å²) in [5.74, 6) is -1.38. The number of benzene rings is 4. The van der Waals surface area contributed by atoms with E-state index < -0.39 is 17.4 Å². The lowest BCUT2D eigenvalue weighted by Crippen LogP contribution is -2.36. The average molecular weight is 625 g/mol. The van der Waals surface area contributed by atoms with Crippen LogP contribution < -0.4 is 9.47 Å². The van der Waals surface area contributed by atoms with Crippen LogP contribution in [0.25, 0.3) is 27.9 Å². The van der Waals surface area contributed by atoms with Crippen LogP contribution in [0.2, 0.25) is 0 Å². The van der Waals surface area contributed by atoms with Crippen LogP contribution in [0.1, 0.15) is 36.8 Å². The fourth-order valence-electron chi connectivity index (χ4n) is 6.45. The van der Waals surface area contributed by atoms with E-state index in [0.29, 0.717) is 23.5 Å². The monoisotopic (exact) mass is 624 g/mol. The Hall–Kier alpha value is -5.94. The van der Waals surface area contributed by atoms with Gasteiger partial charge in [-0.25, -0.2) is 0 Å². The first-order valence-corrected chi connectivity index (χ1v) is 15.5. The maximum absolute atomic E-state index is 11.8. The van der Waals surface area contributed by atoms with Gasteiger partial charge in [0.1, 0.15) is 6.42 Å². The zero-order valence-corrected chi connectivity index (χ0v) is 26.0. The van der Waals surface area contributed by atoms with Gasteiger partial charge in [0.15, 0.2) is 6.54 Å². The number of carbonyl (C=O) groups is 2. The third-order valence-electron chi connectivity index (χ3n) is 8.70. The predicted molar refractivity (Wildman–Crippen MR) is 181 cm³/mol. The quantitative estimate of drug-likeness (QED) is 0.0907. The Morgan fingerprint density at radius 2 is 1.62 bits per heavy atom. The van der Waals surface area contributed by atoms with Crippen LogP contribution in [-0.2, 0) is 28.0 Å². The van der Waals surface area contributed by atoms with E-state index in [1.807, 2.05) is 60.7 Å². The van der Waals surface area contributed by atoms with E-state index in [9.17, 15) is 25.1 Å². The number of para-hydroxylation sites is 2. The second kappa shape index (κ2) is 13.2. The molecule has 0 saturated heterocycles. The highest BCUT2D eigenvalue weighted by Gasteiger charge is 2.43. The van der Waals surface area contributed by atoms with Crippen LogP contribution in [0, 0.1) is 11.3 Å². The number of carboxylic acid groups (broad SMARTS) is 2. The Kier molecular flexibility index (Phi) is 8.72. The minimum absolute atomic E-state index is 0.0534. The summed E-state index contributed by atoms with van der Waals surface area (Å²) in [7, 11) is 0. The number of fused-ring (bicyclic) bond motifs is 3. The molecule has 234 valence electrons. The fourth-order valence-corrected chi connectivity index (χ4v) is 6.45. The van der Waals surface area contributed by atoms with E-state index in [4.69, 9.17) is 4.42 Å². The molecule has 0 saturated carbocycles. The summed E-state index contributed by atoms with van der Waals surface area (Å²) in [4.78, 5) is 25.2. The second-order valence-electron chi connectivity index (χ2n) is 11.8. The molecule has 2 heterocycles. The maximum atomic E-state index is 11.8. The van der Waals surface area contributed by atoms with Crippen LogP contribution in [0.4, 0.5) is 5.69 Å². The first-order chi connectivity index (χ1) is 22.8. The smallest absolute Gasteiger partial charge is 0.374 e. The Morgan fingerprint density at radius 1 is 0.936 bits per heavy atom. The lowest BCUT2D eigenvalue weighted by molar-refractivity contribution is -0.677. The summed E-state index contributed by atoms with van der Waals surface area (Å²) in [6, 6.07) is 32.3. The largest absolute Gasteiger partial charge is 0.481 e. The van der Waals surface area contributed by atoms with Gasteiger partial charge in [-0.1, -0.05) is 66.7 Å². The van der Waals surface area contributed by atoms with Gasteiger partial charge in [-0.3, -0.25) is 9.59 Å².